The maximum Gasteiger partial charge on any atom is 0.0674 e. The van der Waals surface area contributed by atoms with E-state index in [0.717, 1.165) is 0 Å². The molecule has 0 spiro atoms. The van der Waals surface area contributed by atoms with Crippen molar-refractivity contribution in [3.63, 3.8) is 0 Å². The Morgan fingerprint density at radius 2 is 0.923 bits per heavy atom. The molecule has 0 aromatic carbocycles. The SMILES string of the molecule is CC(C)(O)CC(C)(O)CC(C)(C)O. The van der Waals surface area contributed by atoms with Crippen molar-refractivity contribution in [1.82, 2.24) is 0 Å². The average Bonchev–Trinajstić information content (AvgIpc) is 1.43. The van der Waals surface area contributed by atoms with Gasteiger partial charge in [-0.25, -0.2) is 0 Å². The molecule has 80 valence electrons. The quantitative estimate of drug-likeness (QED) is 0.621. The first kappa shape index (κ1) is 12.9. The third-order valence-electron chi connectivity index (χ3n) is 1.63. The second kappa shape index (κ2) is 3.56. The summed E-state index contributed by atoms with van der Waals surface area (Å²) in [5.74, 6) is 0. The van der Waals surface area contributed by atoms with Gasteiger partial charge in [0.05, 0.1) is 16.8 Å². The summed E-state index contributed by atoms with van der Waals surface area (Å²) in [4.78, 5) is 0. The van der Waals surface area contributed by atoms with Crippen LogP contribution in [0.5, 0.6) is 0 Å². The van der Waals surface area contributed by atoms with Gasteiger partial charge in [-0.2, -0.15) is 0 Å². The van der Waals surface area contributed by atoms with Gasteiger partial charge in [0, 0.05) is 12.8 Å². The van der Waals surface area contributed by atoms with Crippen LogP contribution in [-0.4, -0.2) is 32.1 Å². The summed E-state index contributed by atoms with van der Waals surface area (Å²) in [5.41, 5.74) is -2.85. The molecule has 0 saturated heterocycles. The molecule has 3 N–H and O–H groups in total. The first-order valence-corrected chi connectivity index (χ1v) is 4.59. The van der Waals surface area contributed by atoms with Gasteiger partial charge in [0.25, 0.3) is 0 Å². The van der Waals surface area contributed by atoms with Crippen LogP contribution >= 0.6 is 0 Å². The van der Waals surface area contributed by atoms with Crippen molar-refractivity contribution in [2.24, 2.45) is 0 Å². The van der Waals surface area contributed by atoms with Crippen LogP contribution in [0, 0.1) is 0 Å². The van der Waals surface area contributed by atoms with Gasteiger partial charge in [0.1, 0.15) is 0 Å². The molecule has 0 atom stereocenters. The van der Waals surface area contributed by atoms with E-state index in [2.05, 4.69) is 0 Å². The van der Waals surface area contributed by atoms with Gasteiger partial charge in [-0.1, -0.05) is 0 Å². The molecule has 0 radical (unpaired) electrons. The van der Waals surface area contributed by atoms with E-state index in [-0.39, 0.29) is 12.8 Å². The van der Waals surface area contributed by atoms with Crippen LogP contribution < -0.4 is 0 Å². The number of hydrogen-bond acceptors (Lipinski definition) is 3. The number of rotatable bonds is 4. The molecule has 0 aliphatic heterocycles. The van der Waals surface area contributed by atoms with Gasteiger partial charge >= 0.3 is 0 Å². The Morgan fingerprint density at radius 1 is 0.692 bits per heavy atom. The van der Waals surface area contributed by atoms with E-state index in [4.69, 9.17) is 0 Å². The first-order valence-electron chi connectivity index (χ1n) is 4.59. The molecule has 0 aliphatic rings. The van der Waals surface area contributed by atoms with Gasteiger partial charge in [-0.15, -0.1) is 0 Å². The largest absolute Gasteiger partial charge is 0.390 e. The van der Waals surface area contributed by atoms with Crippen LogP contribution in [-0.2, 0) is 0 Å². The van der Waals surface area contributed by atoms with Crippen molar-refractivity contribution in [2.45, 2.75) is 64.3 Å². The van der Waals surface area contributed by atoms with E-state index in [9.17, 15) is 15.3 Å². The molecule has 0 unspecified atom stereocenters. The highest BCUT2D eigenvalue weighted by atomic mass is 16.3. The highest BCUT2D eigenvalue weighted by molar-refractivity contribution is 4.86. The highest BCUT2D eigenvalue weighted by Gasteiger charge is 2.33. The Morgan fingerprint density at radius 3 is 1.08 bits per heavy atom. The van der Waals surface area contributed by atoms with Crippen molar-refractivity contribution in [3.05, 3.63) is 0 Å². The topological polar surface area (TPSA) is 60.7 Å². The van der Waals surface area contributed by atoms with Crippen molar-refractivity contribution in [2.75, 3.05) is 0 Å². The van der Waals surface area contributed by atoms with Crippen molar-refractivity contribution in [3.8, 4) is 0 Å². The van der Waals surface area contributed by atoms with Crippen molar-refractivity contribution < 1.29 is 15.3 Å². The van der Waals surface area contributed by atoms with E-state index in [1.165, 1.54) is 0 Å². The molecule has 0 heterocycles. The molecular weight excluding hydrogens is 168 g/mol. The van der Waals surface area contributed by atoms with Crippen LogP contribution in [0.25, 0.3) is 0 Å². The van der Waals surface area contributed by atoms with Crippen molar-refractivity contribution >= 4 is 0 Å². The van der Waals surface area contributed by atoms with E-state index in [0.29, 0.717) is 0 Å². The molecule has 0 amide bonds. The third-order valence-corrected chi connectivity index (χ3v) is 1.63. The van der Waals surface area contributed by atoms with Crippen LogP contribution in [0.15, 0.2) is 0 Å². The summed E-state index contributed by atoms with van der Waals surface area (Å²) in [6, 6.07) is 0. The van der Waals surface area contributed by atoms with Crippen LogP contribution in [0.1, 0.15) is 47.5 Å². The molecule has 0 aliphatic carbocycles. The zero-order valence-corrected chi connectivity index (χ0v) is 9.26. The Labute approximate surface area is 80.4 Å². The molecule has 0 aromatic heterocycles. The van der Waals surface area contributed by atoms with Gasteiger partial charge in [-0.05, 0) is 34.6 Å². The minimum absolute atomic E-state index is 0.254. The van der Waals surface area contributed by atoms with E-state index in [1.54, 1.807) is 34.6 Å². The smallest absolute Gasteiger partial charge is 0.0674 e. The summed E-state index contributed by atoms with van der Waals surface area (Å²) in [7, 11) is 0. The Balaban J connectivity index is 4.25. The lowest BCUT2D eigenvalue weighted by Crippen LogP contribution is -2.41. The Bertz CT molecular complexity index is 142. The molecule has 0 rings (SSSR count). The van der Waals surface area contributed by atoms with E-state index in [1.807, 2.05) is 0 Å². The third kappa shape index (κ3) is 8.22. The lowest BCUT2D eigenvalue weighted by molar-refractivity contribution is -0.0790. The predicted octanol–water partition coefficient (Wildman–Crippen LogP) is 1.06. The summed E-state index contributed by atoms with van der Waals surface area (Å²) in [6.45, 7) is 8.21. The zero-order valence-electron chi connectivity index (χ0n) is 9.26. The fraction of sp³-hybridized carbons (Fsp3) is 1.00. The fourth-order valence-corrected chi connectivity index (χ4v) is 1.93. The highest BCUT2D eigenvalue weighted by Crippen LogP contribution is 2.27. The first-order chi connectivity index (χ1) is 5.41. The number of aliphatic hydroxyl groups is 3. The normalized spacial score (nSPS) is 14.8. The summed E-state index contributed by atoms with van der Waals surface area (Å²) < 4.78 is 0. The van der Waals surface area contributed by atoms with E-state index >= 15 is 0 Å². The summed E-state index contributed by atoms with van der Waals surface area (Å²) in [6.07, 6.45) is 0.508. The van der Waals surface area contributed by atoms with E-state index < -0.39 is 16.8 Å². The molecule has 3 heteroatoms. The van der Waals surface area contributed by atoms with Crippen LogP contribution in [0.3, 0.4) is 0 Å². The van der Waals surface area contributed by atoms with Gasteiger partial charge in [-0.3, -0.25) is 0 Å². The van der Waals surface area contributed by atoms with Crippen LogP contribution in [0.4, 0.5) is 0 Å². The minimum atomic E-state index is -1.03. The second-order valence-electron chi connectivity index (χ2n) is 5.48. The average molecular weight is 190 g/mol. The maximum atomic E-state index is 9.87. The predicted molar refractivity (Wildman–Crippen MR) is 52.5 cm³/mol. The maximum absolute atomic E-state index is 9.87. The summed E-state index contributed by atoms with van der Waals surface area (Å²) in [5, 5.41) is 28.9. The lowest BCUT2D eigenvalue weighted by atomic mass is 9.83. The molecule has 0 saturated carbocycles. The van der Waals surface area contributed by atoms with Gasteiger partial charge in [0.2, 0.25) is 0 Å². The van der Waals surface area contributed by atoms with Crippen molar-refractivity contribution in [1.29, 1.82) is 0 Å². The molecule has 0 aromatic rings. The molecule has 0 fully saturated rings. The number of hydrogen-bond donors (Lipinski definition) is 3. The monoisotopic (exact) mass is 190 g/mol. The molecular formula is C10H22O3. The lowest BCUT2D eigenvalue weighted by Gasteiger charge is -2.34. The van der Waals surface area contributed by atoms with Crippen LogP contribution in [0.2, 0.25) is 0 Å². The molecule has 3 nitrogen and oxygen atoms in total. The Hall–Kier alpha value is -0.120. The zero-order chi connectivity index (χ0) is 10.9. The summed E-state index contributed by atoms with van der Waals surface area (Å²) >= 11 is 0. The molecule has 0 bridgehead atoms. The Kier molecular flexibility index (Phi) is 3.53. The minimum Gasteiger partial charge on any atom is -0.390 e. The second-order valence-corrected chi connectivity index (χ2v) is 5.48. The fourth-order valence-electron chi connectivity index (χ4n) is 1.93. The molecule has 13 heavy (non-hydrogen) atoms. The van der Waals surface area contributed by atoms with Gasteiger partial charge in [0.15, 0.2) is 0 Å². The standard InChI is InChI=1S/C10H22O3/c1-8(2,11)6-10(5,13)7-9(3,4)12/h11-13H,6-7H2,1-5H3. The van der Waals surface area contributed by atoms with Gasteiger partial charge < -0.3 is 15.3 Å².